The van der Waals surface area contributed by atoms with E-state index in [1.807, 2.05) is 24.3 Å². The van der Waals surface area contributed by atoms with Crippen LogP contribution >= 0.6 is 0 Å². The Morgan fingerprint density at radius 1 is 1.26 bits per heavy atom. The number of fused-ring (bicyclic) bond motifs is 1. The Hall–Kier alpha value is -1.94. The van der Waals surface area contributed by atoms with E-state index in [-0.39, 0.29) is 5.97 Å². The molecule has 2 aromatic rings. The van der Waals surface area contributed by atoms with Crippen molar-refractivity contribution in [3.63, 3.8) is 0 Å². The molecule has 2 rings (SSSR count). The number of hydrogen-bond donors (Lipinski definition) is 1. The number of nitrogens with zero attached hydrogens (tertiary/aromatic N) is 1. The fourth-order valence-electron chi connectivity index (χ4n) is 1.88. The first kappa shape index (κ1) is 13.5. The molecular formula is C15H18N2O2. The van der Waals surface area contributed by atoms with Crippen LogP contribution in [0.25, 0.3) is 10.9 Å². The molecule has 4 heteroatoms. The summed E-state index contributed by atoms with van der Waals surface area (Å²) in [6.07, 6.45) is 1.23. The van der Waals surface area contributed by atoms with Crippen molar-refractivity contribution in [2.45, 2.75) is 19.4 Å². The minimum Gasteiger partial charge on any atom is -0.469 e. The lowest BCUT2D eigenvalue weighted by Crippen LogP contribution is -2.16. The van der Waals surface area contributed by atoms with Crippen molar-refractivity contribution in [1.29, 1.82) is 0 Å². The smallest absolute Gasteiger partial charge is 0.305 e. The van der Waals surface area contributed by atoms with Gasteiger partial charge in [-0.25, -0.2) is 0 Å². The molecule has 0 saturated heterocycles. The summed E-state index contributed by atoms with van der Waals surface area (Å²) in [5.74, 6) is -0.161. The average Bonchev–Trinajstić information content (AvgIpc) is 2.46. The Bertz CT molecular complexity index is 555. The van der Waals surface area contributed by atoms with Gasteiger partial charge in [0.05, 0.1) is 18.3 Å². The summed E-state index contributed by atoms with van der Waals surface area (Å²) >= 11 is 0. The van der Waals surface area contributed by atoms with Crippen LogP contribution in [-0.4, -0.2) is 24.6 Å². The molecular weight excluding hydrogens is 240 g/mol. The van der Waals surface area contributed by atoms with Gasteiger partial charge < -0.3 is 10.1 Å². The number of hydrogen-bond acceptors (Lipinski definition) is 4. The summed E-state index contributed by atoms with van der Waals surface area (Å²) in [6, 6.07) is 12.2. The van der Waals surface area contributed by atoms with E-state index in [1.165, 1.54) is 7.11 Å². The highest BCUT2D eigenvalue weighted by Crippen LogP contribution is 2.11. The molecule has 0 spiro atoms. The molecule has 1 aromatic carbocycles. The van der Waals surface area contributed by atoms with Gasteiger partial charge in [0.2, 0.25) is 0 Å². The summed E-state index contributed by atoms with van der Waals surface area (Å²) in [7, 11) is 1.41. The fraction of sp³-hybridized carbons (Fsp3) is 0.333. The number of pyridine rings is 1. The van der Waals surface area contributed by atoms with Crippen molar-refractivity contribution in [1.82, 2.24) is 10.3 Å². The van der Waals surface area contributed by atoms with Crippen LogP contribution in [0.3, 0.4) is 0 Å². The van der Waals surface area contributed by atoms with Gasteiger partial charge in [0.25, 0.3) is 0 Å². The van der Waals surface area contributed by atoms with E-state index in [0.717, 1.165) is 29.6 Å². The fourth-order valence-corrected chi connectivity index (χ4v) is 1.88. The molecule has 0 bridgehead atoms. The second-order valence-corrected chi connectivity index (χ2v) is 4.35. The highest BCUT2D eigenvalue weighted by Gasteiger charge is 2.00. The number of benzene rings is 1. The van der Waals surface area contributed by atoms with Crippen LogP contribution in [0.5, 0.6) is 0 Å². The zero-order chi connectivity index (χ0) is 13.5. The Morgan fingerprint density at radius 3 is 2.95 bits per heavy atom. The van der Waals surface area contributed by atoms with E-state index in [4.69, 9.17) is 0 Å². The van der Waals surface area contributed by atoms with Crippen LogP contribution in [0, 0.1) is 0 Å². The quantitative estimate of drug-likeness (QED) is 0.638. The summed E-state index contributed by atoms with van der Waals surface area (Å²) in [4.78, 5) is 15.5. The normalized spacial score (nSPS) is 10.6. The summed E-state index contributed by atoms with van der Waals surface area (Å²) < 4.78 is 4.58. The van der Waals surface area contributed by atoms with Crippen molar-refractivity contribution in [2.24, 2.45) is 0 Å². The van der Waals surface area contributed by atoms with Crippen molar-refractivity contribution in [3.8, 4) is 0 Å². The number of carbonyl (C=O) groups is 1. The molecule has 19 heavy (non-hydrogen) atoms. The molecule has 0 fully saturated rings. The molecule has 0 aliphatic rings. The molecule has 0 unspecified atom stereocenters. The lowest BCUT2D eigenvalue weighted by Gasteiger charge is -2.05. The predicted octanol–water partition coefficient (Wildman–Crippen LogP) is 2.28. The first-order chi connectivity index (χ1) is 9.29. The number of esters is 1. The molecule has 0 radical (unpaired) electrons. The van der Waals surface area contributed by atoms with Gasteiger partial charge in [0.1, 0.15) is 0 Å². The second kappa shape index (κ2) is 6.85. The van der Waals surface area contributed by atoms with Gasteiger partial charge in [-0.05, 0) is 25.1 Å². The third-order valence-electron chi connectivity index (χ3n) is 2.92. The van der Waals surface area contributed by atoms with Gasteiger partial charge in [-0.1, -0.05) is 24.3 Å². The molecule has 0 atom stereocenters. The number of ether oxygens (including phenoxy) is 1. The van der Waals surface area contributed by atoms with E-state index in [2.05, 4.69) is 27.2 Å². The van der Waals surface area contributed by atoms with Crippen LogP contribution in [0.2, 0.25) is 0 Å². The summed E-state index contributed by atoms with van der Waals surface area (Å²) in [6.45, 7) is 1.50. The third-order valence-corrected chi connectivity index (χ3v) is 2.92. The molecule has 0 aliphatic carbocycles. The van der Waals surface area contributed by atoms with Gasteiger partial charge in [-0.2, -0.15) is 0 Å². The monoisotopic (exact) mass is 258 g/mol. The van der Waals surface area contributed by atoms with Crippen molar-refractivity contribution >= 4 is 16.9 Å². The van der Waals surface area contributed by atoms with Crippen molar-refractivity contribution in [3.05, 3.63) is 42.1 Å². The Balaban J connectivity index is 1.80. The molecule has 1 N–H and O–H groups in total. The Morgan fingerprint density at radius 2 is 2.11 bits per heavy atom. The highest BCUT2D eigenvalue weighted by atomic mass is 16.5. The highest BCUT2D eigenvalue weighted by molar-refractivity contribution is 5.78. The Kier molecular flexibility index (Phi) is 4.86. The molecule has 100 valence electrons. The lowest BCUT2D eigenvalue weighted by molar-refractivity contribution is -0.140. The standard InChI is InChI=1S/C15H18N2O2/c1-19-15(18)7-4-10-16-11-13-9-8-12-5-2-3-6-14(12)17-13/h2-3,5-6,8-9,16H,4,7,10-11H2,1H3. The van der Waals surface area contributed by atoms with Gasteiger partial charge in [-0.3, -0.25) is 9.78 Å². The molecule has 0 amide bonds. The number of carbonyl (C=O) groups excluding carboxylic acids is 1. The molecule has 1 heterocycles. The number of aromatic nitrogens is 1. The zero-order valence-electron chi connectivity index (χ0n) is 11.1. The van der Waals surface area contributed by atoms with Crippen molar-refractivity contribution in [2.75, 3.05) is 13.7 Å². The minimum atomic E-state index is -0.161. The van der Waals surface area contributed by atoms with Crippen LogP contribution in [-0.2, 0) is 16.1 Å². The average molecular weight is 258 g/mol. The van der Waals surface area contributed by atoms with Gasteiger partial charge in [0.15, 0.2) is 0 Å². The number of para-hydroxylation sites is 1. The molecule has 1 aromatic heterocycles. The van der Waals surface area contributed by atoms with E-state index < -0.39 is 0 Å². The van der Waals surface area contributed by atoms with Gasteiger partial charge in [0, 0.05) is 18.4 Å². The summed E-state index contributed by atoms with van der Waals surface area (Å²) in [5.41, 5.74) is 2.02. The van der Waals surface area contributed by atoms with E-state index in [9.17, 15) is 4.79 Å². The van der Waals surface area contributed by atoms with Crippen LogP contribution < -0.4 is 5.32 Å². The summed E-state index contributed by atoms with van der Waals surface area (Å²) in [5, 5.41) is 4.43. The maximum absolute atomic E-state index is 10.9. The van der Waals surface area contributed by atoms with Crippen LogP contribution in [0.4, 0.5) is 0 Å². The van der Waals surface area contributed by atoms with E-state index in [1.54, 1.807) is 0 Å². The molecule has 4 nitrogen and oxygen atoms in total. The predicted molar refractivity (Wildman–Crippen MR) is 74.7 cm³/mol. The first-order valence-electron chi connectivity index (χ1n) is 6.42. The minimum absolute atomic E-state index is 0.161. The molecule has 0 saturated carbocycles. The van der Waals surface area contributed by atoms with Gasteiger partial charge in [-0.15, -0.1) is 0 Å². The number of rotatable bonds is 6. The van der Waals surface area contributed by atoms with E-state index >= 15 is 0 Å². The zero-order valence-corrected chi connectivity index (χ0v) is 11.1. The number of methoxy groups -OCH3 is 1. The lowest BCUT2D eigenvalue weighted by atomic mass is 10.2. The van der Waals surface area contributed by atoms with Crippen LogP contribution in [0.15, 0.2) is 36.4 Å². The number of nitrogens with one attached hydrogen (secondary N) is 1. The van der Waals surface area contributed by atoms with Crippen LogP contribution in [0.1, 0.15) is 18.5 Å². The largest absolute Gasteiger partial charge is 0.469 e. The topological polar surface area (TPSA) is 51.2 Å². The third kappa shape index (κ3) is 4.03. The van der Waals surface area contributed by atoms with Gasteiger partial charge >= 0.3 is 5.97 Å². The molecule has 0 aliphatic heterocycles. The maximum atomic E-state index is 10.9. The second-order valence-electron chi connectivity index (χ2n) is 4.35. The first-order valence-corrected chi connectivity index (χ1v) is 6.42. The Labute approximate surface area is 112 Å². The maximum Gasteiger partial charge on any atom is 0.305 e. The van der Waals surface area contributed by atoms with Crippen molar-refractivity contribution < 1.29 is 9.53 Å². The SMILES string of the molecule is COC(=O)CCCNCc1ccc2ccccc2n1. The van der Waals surface area contributed by atoms with E-state index in [0.29, 0.717) is 13.0 Å².